The van der Waals surface area contributed by atoms with Crippen molar-refractivity contribution in [2.75, 3.05) is 18.6 Å². The minimum absolute atomic E-state index is 0.0633. The number of hydrogen-bond acceptors (Lipinski definition) is 5. The number of allylic oxidation sites excluding steroid dienone is 1. The van der Waals surface area contributed by atoms with E-state index in [1.165, 1.54) is 7.11 Å². The van der Waals surface area contributed by atoms with Crippen molar-refractivity contribution in [2.24, 2.45) is 5.92 Å². The number of esters is 1. The lowest BCUT2D eigenvalue weighted by Gasteiger charge is -2.61. The number of rotatable bonds is 1. The highest BCUT2D eigenvalue weighted by atomic mass is 16.5. The maximum absolute atomic E-state index is 12.9. The highest BCUT2D eigenvalue weighted by molar-refractivity contribution is 5.88. The Balaban J connectivity index is 1.78. The van der Waals surface area contributed by atoms with Crippen molar-refractivity contribution in [3.05, 3.63) is 41.5 Å². The van der Waals surface area contributed by atoms with Crippen molar-refractivity contribution in [3.8, 4) is 0 Å². The molecule has 4 aliphatic rings. The number of carbonyl (C=O) groups excluding carboxylic acids is 2. The Morgan fingerprint density at radius 1 is 1.38 bits per heavy atom. The van der Waals surface area contributed by atoms with E-state index in [1.807, 2.05) is 47.1 Å². The summed E-state index contributed by atoms with van der Waals surface area (Å²) in [5.74, 6) is -0.628. The summed E-state index contributed by atoms with van der Waals surface area (Å²) in [7, 11) is 1.40. The Bertz CT molecular complexity index is 850. The molecule has 1 amide bonds. The lowest BCUT2D eigenvalue weighted by molar-refractivity contribution is -0.172. The highest BCUT2D eigenvalue weighted by Crippen LogP contribution is 2.60. The maximum Gasteiger partial charge on any atom is 0.329 e. The predicted molar refractivity (Wildman–Crippen MR) is 94.4 cm³/mol. The second kappa shape index (κ2) is 5.10. The van der Waals surface area contributed by atoms with Crippen LogP contribution in [-0.4, -0.2) is 53.3 Å². The zero-order valence-corrected chi connectivity index (χ0v) is 14.9. The fourth-order valence-corrected chi connectivity index (χ4v) is 5.72. The standard InChI is InChI=1S/C20H22N2O4/c1-3-11-10-21-16-8-13(11)18(19(24)26-2)22-15-7-5-4-6-12(15)14(9-17(21)23)20(16,22)25/h3-7,13-14,16,18,25H,8-10H2,1-2H3/b11-3-/t13-,14+,16-,18-,20+/m0/s1. The second-order valence-electron chi connectivity index (χ2n) is 7.68. The number of fused-ring (bicyclic) bond motifs is 4. The maximum atomic E-state index is 12.9. The van der Waals surface area contributed by atoms with Gasteiger partial charge in [-0.15, -0.1) is 0 Å². The normalized spacial score (nSPS) is 38.4. The van der Waals surface area contributed by atoms with Crippen LogP contribution >= 0.6 is 0 Å². The van der Waals surface area contributed by atoms with E-state index < -0.39 is 11.8 Å². The monoisotopic (exact) mass is 354 g/mol. The van der Waals surface area contributed by atoms with Crippen LogP contribution in [0.1, 0.15) is 31.2 Å². The number of nitrogens with zero attached hydrogens (tertiary/aromatic N) is 2. The van der Waals surface area contributed by atoms with Gasteiger partial charge in [0.25, 0.3) is 0 Å². The van der Waals surface area contributed by atoms with Crippen LogP contribution in [0.15, 0.2) is 35.9 Å². The van der Waals surface area contributed by atoms with Gasteiger partial charge in [0.05, 0.1) is 13.2 Å². The Morgan fingerprint density at radius 2 is 2.15 bits per heavy atom. The average Bonchev–Trinajstić information content (AvgIpc) is 2.91. The molecule has 136 valence electrons. The van der Waals surface area contributed by atoms with E-state index in [1.54, 1.807) is 0 Å². The third-order valence-corrected chi connectivity index (χ3v) is 6.82. The molecular weight excluding hydrogens is 332 g/mol. The summed E-state index contributed by atoms with van der Waals surface area (Å²) in [5, 5.41) is 11.9. The lowest BCUT2D eigenvalue weighted by Crippen LogP contribution is -2.77. The van der Waals surface area contributed by atoms with E-state index in [9.17, 15) is 14.7 Å². The first-order valence-electron chi connectivity index (χ1n) is 9.15. The molecule has 0 spiro atoms. The van der Waals surface area contributed by atoms with Gasteiger partial charge in [-0.1, -0.05) is 24.3 Å². The number of para-hydroxylation sites is 1. The summed E-state index contributed by atoms with van der Waals surface area (Å²) < 4.78 is 5.14. The summed E-state index contributed by atoms with van der Waals surface area (Å²) in [6.07, 6.45) is 2.85. The topological polar surface area (TPSA) is 70.1 Å². The molecule has 1 N–H and O–H groups in total. The van der Waals surface area contributed by atoms with Crippen molar-refractivity contribution in [1.29, 1.82) is 0 Å². The Kier molecular flexibility index (Phi) is 3.11. The van der Waals surface area contributed by atoms with Gasteiger partial charge in [0.2, 0.25) is 5.91 Å². The average molecular weight is 354 g/mol. The molecule has 6 nitrogen and oxygen atoms in total. The Morgan fingerprint density at radius 3 is 2.88 bits per heavy atom. The fraction of sp³-hybridized carbons (Fsp3) is 0.500. The van der Waals surface area contributed by atoms with Gasteiger partial charge < -0.3 is 19.6 Å². The molecule has 2 bridgehead atoms. The summed E-state index contributed by atoms with van der Waals surface area (Å²) in [4.78, 5) is 29.3. The number of amides is 1. The Labute approximate surface area is 152 Å². The van der Waals surface area contributed by atoms with Crippen LogP contribution in [0.3, 0.4) is 0 Å². The van der Waals surface area contributed by atoms with Crippen LogP contribution in [0.4, 0.5) is 5.69 Å². The minimum atomic E-state index is -1.26. The zero-order chi connectivity index (χ0) is 18.2. The SMILES string of the molecule is C/C=C1/CN2C(=O)C[C@@H]3c4ccccc4N4[C@H](C(=O)OC)[C@H]1C[C@H]2[C@]34O. The van der Waals surface area contributed by atoms with Crippen molar-refractivity contribution < 1.29 is 19.4 Å². The number of ether oxygens (including phenoxy) is 1. The molecule has 5 atom stereocenters. The molecule has 1 aromatic carbocycles. The molecule has 0 aromatic heterocycles. The van der Waals surface area contributed by atoms with Gasteiger partial charge in [0, 0.05) is 30.5 Å². The van der Waals surface area contributed by atoms with Crippen molar-refractivity contribution in [2.45, 2.75) is 43.5 Å². The van der Waals surface area contributed by atoms with Gasteiger partial charge in [-0.25, -0.2) is 4.79 Å². The first-order chi connectivity index (χ1) is 12.5. The molecule has 6 heteroatoms. The molecule has 4 aliphatic heterocycles. The molecule has 5 rings (SSSR count). The lowest BCUT2D eigenvalue weighted by atomic mass is 9.67. The predicted octanol–water partition coefficient (Wildman–Crippen LogP) is 1.40. The number of anilines is 1. The third-order valence-electron chi connectivity index (χ3n) is 6.82. The summed E-state index contributed by atoms with van der Waals surface area (Å²) in [5.41, 5.74) is 1.60. The number of benzene rings is 1. The molecule has 26 heavy (non-hydrogen) atoms. The van der Waals surface area contributed by atoms with Crippen molar-refractivity contribution in [1.82, 2.24) is 4.90 Å². The van der Waals surface area contributed by atoms with E-state index in [0.29, 0.717) is 13.0 Å². The molecular formula is C20H22N2O4. The molecule has 0 aliphatic carbocycles. The van der Waals surface area contributed by atoms with E-state index in [2.05, 4.69) is 0 Å². The molecule has 1 aromatic rings. The van der Waals surface area contributed by atoms with Crippen LogP contribution in [-0.2, 0) is 14.3 Å². The third kappa shape index (κ3) is 1.66. The van der Waals surface area contributed by atoms with Gasteiger partial charge in [0.15, 0.2) is 5.72 Å². The first kappa shape index (κ1) is 15.9. The fourth-order valence-electron chi connectivity index (χ4n) is 5.72. The van der Waals surface area contributed by atoms with E-state index in [0.717, 1.165) is 16.8 Å². The highest BCUT2D eigenvalue weighted by Gasteiger charge is 2.69. The van der Waals surface area contributed by atoms with E-state index in [-0.39, 0.29) is 36.2 Å². The van der Waals surface area contributed by atoms with Crippen LogP contribution in [0.2, 0.25) is 0 Å². The van der Waals surface area contributed by atoms with Crippen LogP contribution in [0, 0.1) is 5.92 Å². The molecule has 0 radical (unpaired) electrons. The van der Waals surface area contributed by atoms with Gasteiger partial charge in [0.1, 0.15) is 6.04 Å². The zero-order valence-electron chi connectivity index (χ0n) is 14.9. The second-order valence-corrected chi connectivity index (χ2v) is 7.68. The molecule has 0 saturated carbocycles. The van der Waals surface area contributed by atoms with Gasteiger partial charge in [-0.2, -0.15) is 0 Å². The van der Waals surface area contributed by atoms with Gasteiger partial charge in [-0.3, -0.25) is 4.79 Å². The Hall–Kier alpha value is -2.34. The van der Waals surface area contributed by atoms with Gasteiger partial charge in [-0.05, 0) is 30.5 Å². The molecule has 3 saturated heterocycles. The number of aliphatic hydroxyl groups is 1. The van der Waals surface area contributed by atoms with Crippen molar-refractivity contribution in [3.63, 3.8) is 0 Å². The van der Waals surface area contributed by atoms with E-state index in [4.69, 9.17) is 4.74 Å². The quantitative estimate of drug-likeness (QED) is 0.610. The van der Waals surface area contributed by atoms with Crippen molar-refractivity contribution >= 4 is 17.6 Å². The number of piperidine rings is 3. The summed E-state index contributed by atoms with van der Waals surface area (Å²) >= 11 is 0. The number of carbonyl (C=O) groups is 2. The van der Waals surface area contributed by atoms with Crippen LogP contribution in [0.25, 0.3) is 0 Å². The van der Waals surface area contributed by atoms with Crippen LogP contribution < -0.4 is 4.90 Å². The van der Waals surface area contributed by atoms with Crippen LogP contribution in [0.5, 0.6) is 0 Å². The van der Waals surface area contributed by atoms with Gasteiger partial charge >= 0.3 is 5.97 Å². The summed E-state index contributed by atoms with van der Waals surface area (Å²) in [6.45, 7) is 2.43. The minimum Gasteiger partial charge on any atom is -0.467 e. The largest absolute Gasteiger partial charge is 0.467 e. The molecule has 3 fully saturated rings. The smallest absolute Gasteiger partial charge is 0.329 e. The molecule has 0 unspecified atom stereocenters. The number of methoxy groups -OCH3 is 1. The summed E-state index contributed by atoms with van der Waals surface area (Å²) in [6, 6.07) is 6.85. The molecule has 4 heterocycles. The number of hydrogen-bond donors (Lipinski definition) is 1. The first-order valence-corrected chi connectivity index (χ1v) is 9.15. The van der Waals surface area contributed by atoms with E-state index >= 15 is 0 Å².